The number of carbonyl (C=O) groups is 1. The van der Waals surface area contributed by atoms with Crippen molar-refractivity contribution in [3.8, 4) is 5.75 Å². The number of hydrogen-bond donors (Lipinski definition) is 1. The Bertz CT molecular complexity index is 582. The lowest BCUT2D eigenvalue weighted by Gasteiger charge is -2.06. The lowest BCUT2D eigenvalue weighted by atomic mass is 10.1. The van der Waals surface area contributed by atoms with Crippen molar-refractivity contribution < 1.29 is 9.53 Å². The van der Waals surface area contributed by atoms with E-state index in [2.05, 4.69) is 15.3 Å². The highest BCUT2D eigenvalue weighted by Gasteiger charge is 2.06. The number of aromatic nitrogens is 2. The van der Waals surface area contributed by atoms with Gasteiger partial charge in [-0.3, -0.25) is 9.78 Å². The van der Waals surface area contributed by atoms with Crippen LogP contribution in [0.2, 0.25) is 0 Å². The molecule has 0 saturated carbocycles. The Labute approximate surface area is 118 Å². The van der Waals surface area contributed by atoms with Crippen LogP contribution in [-0.2, 0) is 6.42 Å². The summed E-state index contributed by atoms with van der Waals surface area (Å²) in [5, 5.41) is 2.82. The maximum Gasteiger partial charge on any atom is 0.271 e. The van der Waals surface area contributed by atoms with E-state index in [0.29, 0.717) is 12.2 Å². The standard InChI is InChI=1S/C15H17N3O2/c1-11-9-18-14(10-17-11)15(19)16-7-6-12-4-3-5-13(8-12)20-2/h3-5,8-10H,6-7H2,1-2H3,(H,16,19). The largest absolute Gasteiger partial charge is 0.497 e. The second-order valence-corrected chi connectivity index (χ2v) is 4.40. The predicted molar refractivity (Wildman–Crippen MR) is 75.8 cm³/mol. The minimum Gasteiger partial charge on any atom is -0.497 e. The topological polar surface area (TPSA) is 64.1 Å². The van der Waals surface area contributed by atoms with Gasteiger partial charge in [0.15, 0.2) is 0 Å². The first-order chi connectivity index (χ1) is 9.69. The summed E-state index contributed by atoms with van der Waals surface area (Å²) in [6.07, 6.45) is 3.80. The predicted octanol–water partition coefficient (Wildman–Crippen LogP) is 1.77. The zero-order chi connectivity index (χ0) is 14.4. The Morgan fingerprint density at radius 3 is 2.85 bits per heavy atom. The van der Waals surface area contributed by atoms with E-state index >= 15 is 0 Å². The molecule has 0 bridgehead atoms. The van der Waals surface area contributed by atoms with E-state index in [9.17, 15) is 4.79 Å². The maximum absolute atomic E-state index is 11.8. The van der Waals surface area contributed by atoms with Crippen LogP contribution in [0.4, 0.5) is 0 Å². The molecule has 2 aromatic rings. The fourth-order valence-electron chi connectivity index (χ4n) is 1.75. The SMILES string of the molecule is COc1cccc(CCNC(=O)c2cnc(C)cn2)c1. The number of ether oxygens (including phenoxy) is 1. The molecule has 0 unspecified atom stereocenters. The van der Waals surface area contributed by atoms with Gasteiger partial charge in [-0.05, 0) is 31.0 Å². The Hall–Kier alpha value is -2.43. The van der Waals surface area contributed by atoms with Crippen LogP contribution in [0.5, 0.6) is 5.75 Å². The molecule has 2 rings (SSSR count). The molecule has 0 radical (unpaired) electrons. The minimum atomic E-state index is -0.208. The van der Waals surface area contributed by atoms with Gasteiger partial charge in [-0.2, -0.15) is 0 Å². The van der Waals surface area contributed by atoms with Crippen LogP contribution in [-0.4, -0.2) is 29.5 Å². The summed E-state index contributed by atoms with van der Waals surface area (Å²) in [6, 6.07) is 7.78. The van der Waals surface area contributed by atoms with Crippen LogP contribution in [0.25, 0.3) is 0 Å². The van der Waals surface area contributed by atoms with E-state index in [1.807, 2.05) is 31.2 Å². The first-order valence-corrected chi connectivity index (χ1v) is 6.39. The monoisotopic (exact) mass is 271 g/mol. The van der Waals surface area contributed by atoms with Gasteiger partial charge in [-0.15, -0.1) is 0 Å². The van der Waals surface area contributed by atoms with Crippen LogP contribution < -0.4 is 10.1 Å². The van der Waals surface area contributed by atoms with Gasteiger partial charge in [0.1, 0.15) is 11.4 Å². The Balaban J connectivity index is 1.86. The first kappa shape index (κ1) is 14.0. The summed E-state index contributed by atoms with van der Waals surface area (Å²) in [4.78, 5) is 19.9. The highest BCUT2D eigenvalue weighted by molar-refractivity contribution is 5.91. The molecule has 1 aromatic carbocycles. The van der Waals surface area contributed by atoms with Crippen LogP contribution in [0, 0.1) is 6.92 Å². The molecular weight excluding hydrogens is 254 g/mol. The summed E-state index contributed by atoms with van der Waals surface area (Å²) >= 11 is 0. The van der Waals surface area contributed by atoms with E-state index in [0.717, 1.165) is 23.4 Å². The zero-order valence-electron chi connectivity index (χ0n) is 11.6. The van der Waals surface area contributed by atoms with E-state index in [1.165, 1.54) is 6.20 Å². The minimum absolute atomic E-state index is 0.208. The lowest BCUT2D eigenvalue weighted by Crippen LogP contribution is -2.26. The average molecular weight is 271 g/mol. The molecule has 5 heteroatoms. The number of nitrogens with one attached hydrogen (secondary N) is 1. The van der Waals surface area contributed by atoms with Gasteiger partial charge in [0.05, 0.1) is 19.0 Å². The average Bonchev–Trinajstić information content (AvgIpc) is 2.48. The van der Waals surface area contributed by atoms with Crippen LogP contribution >= 0.6 is 0 Å². The molecule has 1 amide bonds. The fraction of sp³-hybridized carbons (Fsp3) is 0.267. The quantitative estimate of drug-likeness (QED) is 0.900. The molecular formula is C15H17N3O2. The van der Waals surface area contributed by atoms with Crippen molar-refractivity contribution in [2.75, 3.05) is 13.7 Å². The summed E-state index contributed by atoms with van der Waals surface area (Å²) in [5.74, 6) is 0.610. The van der Waals surface area contributed by atoms with Gasteiger partial charge in [-0.25, -0.2) is 4.98 Å². The van der Waals surface area contributed by atoms with Crippen LogP contribution in [0.15, 0.2) is 36.7 Å². The summed E-state index contributed by atoms with van der Waals surface area (Å²) in [5.41, 5.74) is 2.24. The van der Waals surface area contributed by atoms with Gasteiger partial charge >= 0.3 is 0 Å². The van der Waals surface area contributed by atoms with Crippen molar-refractivity contribution in [3.63, 3.8) is 0 Å². The Morgan fingerprint density at radius 2 is 2.15 bits per heavy atom. The second-order valence-electron chi connectivity index (χ2n) is 4.40. The highest BCUT2D eigenvalue weighted by atomic mass is 16.5. The molecule has 0 saturated heterocycles. The molecule has 0 spiro atoms. The maximum atomic E-state index is 11.8. The number of rotatable bonds is 5. The van der Waals surface area contributed by atoms with Crippen molar-refractivity contribution in [2.24, 2.45) is 0 Å². The first-order valence-electron chi connectivity index (χ1n) is 6.39. The molecule has 104 valence electrons. The van der Waals surface area contributed by atoms with Crippen molar-refractivity contribution in [2.45, 2.75) is 13.3 Å². The smallest absolute Gasteiger partial charge is 0.271 e. The van der Waals surface area contributed by atoms with E-state index in [-0.39, 0.29) is 5.91 Å². The Kier molecular flexibility index (Phi) is 4.65. The molecule has 20 heavy (non-hydrogen) atoms. The summed E-state index contributed by atoms with van der Waals surface area (Å²) < 4.78 is 5.16. The molecule has 5 nitrogen and oxygen atoms in total. The van der Waals surface area contributed by atoms with Crippen molar-refractivity contribution in [1.29, 1.82) is 0 Å². The molecule has 0 fully saturated rings. The zero-order valence-corrected chi connectivity index (χ0v) is 11.6. The molecule has 1 N–H and O–H groups in total. The number of aryl methyl sites for hydroxylation is 1. The highest BCUT2D eigenvalue weighted by Crippen LogP contribution is 2.12. The number of benzene rings is 1. The molecule has 1 heterocycles. The normalized spacial score (nSPS) is 10.1. The third-order valence-electron chi connectivity index (χ3n) is 2.85. The van der Waals surface area contributed by atoms with Crippen LogP contribution in [0.3, 0.4) is 0 Å². The molecule has 0 atom stereocenters. The van der Waals surface area contributed by atoms with Gasteiger partial charge in [0, 0.05) is 12.7 Å². The summed E-state index contributed by atoms with van der Waals surface area (Å²) in [7, 11) is 1.64. The van der Waals surface area contributed by atoms with Gasteiger partial charge in [-0.1, -0.05) is 12.1 Å². The van der Waals surface area contributed by atoms with E-state index < -0.39 is 0 Å². The number of amides is 1. The van der Waals surface area contributed by atoms with Crippen LogP contribution in [0.1, 0.15) is 21.7 Å². The second kappa shape index (κ2) is 6.65. The Morgan fingerprint density at radius 1 is 1.30 bits per heavy atom. The summed E-state index contributed by atoms with van der Waals surface area (Å²) in [6.45, 7) is 2.37. The molecule has 0 aliphatic carbocycles. The van der Waals surface area contributed by atoms with Crippen molar-refractivity contribution in [3.05, 3.63) is 53.6 Å². The van der Waals surface area contributed by atoms with Crippen molar-refractivity contribution >= 4 is 5.91 Å². The third kappa shape index (κ3) is 3.78. The molecule has 0 aliphatic rings. The number of methoxy groups -OCH3 is 1. The number of hydrogen-bond acceptors (Lipinski definition) is 4. The van der Waals surface area contributed by atoms with E-state index in [4.69, 9.17) is 4.74 Å². The third-order valence-corrected chi connectivity index (χ3v) is 2.85. The fourth-order valence-corrected chi connectivity index (χ4v) is 1.75. The van der Waals surface area contributed by atoms with Gasteiger partial charge in [0.2, 0.25) is 0 Å². The van der Waals surface area contributed by atoms with Gasteiger partial charge in [0.25, 0.3) is 5.91 Å². The van der Waals surface area contributed by atoms with E-state index in [1.54, 1.807) is 13.3 Å². The lowest BCUT2D eigenvalue weighted by molar-refractivity contribution is 0.0948. The number of nitrogens with zero attached hydrogens (tertiary/aromatic N) is 2. The number of carbonyl (C=O) groups excluding carboxylic acids is 1. The van der Waals surface area contributed by atoms with Crippen molar-refractivity contribution in [1.82, 2.24) is 15.3 Å². The molecule has 0 aliphatic heterocycles. The molecule has 1 aromatic heterocycles. The van der Waals surface area contributed by atoms with Gasteiger partial charge < -0.3 is 10.1 Å².